The topological polar surface area (TPSA) is 58.6 Å². The zero-order chi connectivity index (χ0) is 18.1. The SMILES string of the molecule is O=C(CC12CC3CC(CC(C3)C1)C2)NC1CCN(C(=O)OCCCl)CC1. The molecule has 0 spiro atoms. The Hall–Kier alpha value is -0.970. The Morgan fingerprint density at radius 2 is 1.62 bits per heavy atom. The fraction of sp³-hybridized carbons (Fsp3) is 0.900. The highest BCUT2D eigenvalue weighted by molar-refractivity contribution is 6.18. The van der Waals surface area contributed by atoms with Crippen LogP contribution in [0.2, 0.25) is 0 Å². The number of carbonyl (C=O) groups excluding carboxylic acids is 2. The smallest absolute Gasteiger partial charge is 0.409 e. The van der Waals surface area contributed by atoms with Crippen molar-refractivity contribution in [1.82, 2.24) is 10.2 Å². The molecular weight excluding hydrogens is 352 g/mol. The molecule has 1 aliphatic heterocycles. The van der Waals surface area contributed by atoms with Gasteiger partial charge in [0.1, 0.15) is 6.61 Å². The van der Waals surface area contributed by atoms with Gasteiger partial charge in [-0.2, -0.15) is 0 Å². The van der Waals surface area contributed by atoms with E-state index >= 15 is 0 Å². The molecule has 5 aliphatic rings. The average Bonchev–Trinajstić information content (AvgIpc) is 2.58. The Morgan fingerprint density at radius 1 is 1.04 bits per heavy atom. The zero-order valence-electron chi connectivity index (χ0n) is 15.6. The molecule has 146 valence electrons. The Labute approximate surface area is 161 Å². The van der Waals surface area contributed by atoms with Crippen LogP contribution < -0.4 is 5.32 Å². The van der Waals surface area contributed by atoms with E-state index in [1.54, 1.807) is 4.90 Å². The summed E-state index contributed by atoms with van der Waals surface area (Å²) in [5, 5.41) is 3.26. The summed E-state index contributed by atoms with van der Waals surface area (Å²) in [6.07, 6.45) is 10.1. The average molecular weight is 383 g/mol. The van der Waals surface area contributed by atoms with Crippen molar-refractivity contribution in [2.75, 3.05) is 25.6 Å². The van der Waals surface area contributed by atoms with Crippen LogP contribution in [0.15, 0.2) is 0 Å². The molecule has 0 aromatic carbocycles. The monoisotopic (exact) mass is 382 g/mol. The molecule has 0 atom stereocenters. The van der Waals surface area contributed by atoms with Gasteiger partial charge in [-0.05, 0) is 74.5 Å². The second-order valence-corrected chi connectivity index (χ2v) is 9.60. The summed E-state index contributed by atoms with van der Waals surface area (Å²) in [5.41, 5.74) is 0.297. The molecule has 4 saturated carbocycles. The Balaban J connectivity index is 1.23. The van der Waals surface area contributed by atoms with Crippen LogP contribution in [0.4, 0.5) is 4.79 Å². The maximum Gasteiger partial charge on any atom is 0.409 e. The van der Waals surface area contributed by atoms with Gasteiger partial charge in [0, 0.05) is 25.6 Å². The summed E-state index contributed by atoms with van der Waals surface area (Å²) >= 11 is 5.55. The minimum atomic E-state index is -0.288. The van der Waals surface area contributed by atoms with E-state index in [0.717, 1.165) is 30.6 Å². The van der Waals surface area contributed by atoms with Crippen LogP contribution in [0.1, 0.15) is 57.8 Å². The van der Waals surface area contributed by atoms with Crippen molar-refractivity contribution in [3.05, 3.63) is 0 Å². The third kappa shape index (κ3) is 3.97. The first kappa shape index (κ1) is 18.4. The summed E-state index contributed by atoms with van der Waals surface area (Å²) in [6.45, 7) is 1.54. The Morgan fingerprint density at radius 3 is 2.15 bits per heavy atom. The molecule has 26 heavy (non-hydrogen) atoms. The van der Waals surface area contributed by atoms with Gasteiger partial charge >= 0.3 is 6.09 Å². The van der Waals surface area contributed by atoms with E-state index in [2.05, 4.69) is 5.32 Å². The molecule has 0 aromatic heterocycles. The number of rotatable bonds is 5. The van der Waals surface area contributed by atoms with Gasteiger partial charge in [-0.1, -0.05) is 0 Å². The van der Waals surface area contributed by atoms with Gasteiger partial charge < -0.3 is 15.0 Å². The van der Waals surface area contributed by atoms with Crippen LogP contribution in [0.5, 0.6) is 0 Å². The second kappa shape index (κ2) is 7.57. The highest BCUT2D eigenvalue weighted by Gasteiger charge is 2.51. The molecule has 1 saturated heterocycles. The summed E-state index contributed by atoms with van der Waals surface area (Å²) in [7, 11) is 0. The Bertz CT molecular complexity index is 510. The molecule has 5 fully saturated rings. The summed E-state index contributed by atoms with van der Waals surface area (Å²) in [5.74, 6) is 3.21. The Kier molecular flexibility index (Phi) is 5.36. The number of likely N-dealkylation sites (tertiary alicyclic amines) is 1. The first-order chi connectivity index (χ1) is 12.5. The van der Waals surface area contributed by atoms with Gasteiger partial charge in [-0.3, -0.25) is 4.79 Å². The lowest BCUT2D eigenvalue weighted by molar-refractivity contribution is -0.130. The molecule has 2 amide bonds. The van der Waals surface area contributed by atoms with E-state index in [9.17, 15) is 9.59 Å². The van der Waals surface area contributed by atoms with Crippen LogP contribution in [-0.2, 0) is 9.53 Å². The van der Waals surface area contributed by atoms with Gasteiger partial charge in [0.25, 0.3) is 0 Å². The highest BCUT2D eigenvalue weighted by Crippen LogP contribution is 2.61. The third-order valence-corrected chi connectivity index (χ3v) is 7.28. The molecule has 4 aliphatic carbocycles. The number of carbonyl (C=O) groups is 2. The predicted octanol–water partition coefficient (Wildman–Crippen LogP) is 3.55. The van der Waals surface area contributed by atoms with E-state index in [-0.39, 0.29) is 24.6 Å². The minimum Gasteiger partial charge on any atom is -0.448 e. The standard InChI is InChI=1S/C20H31ClN2O3/c21-3-6-26-19(25)23-4-1-17(2-5-23)22-18(24)13-20-10-14-7-15(11-20)9-16(8-14)12-20/h14-17H,1-13H2,(H,22,24). The number of amides is 2. The molecule has 5 rings (SSSR count). The van der Waals surface area contributed by atoms with Crippen LogP contribution in [0.3, 0.4) is 0 Å². The number of nitrogens with zero attached hydrogens (tertiary/aromatic N) is 1. The quantitative estimate of drug-likeness (QED) is 0.740. The third-order valence-electron chi connectivity index (χ3n) is 7.12. The van der Waals surface area contributed by atoms with Crippen molar-refractivity contribution >= 4 is 23.6 Å². The van der Waals surface area contributed by atoms with Crippen LogP contribution >= 0.6 is 11.6 Å². The van der Waals surface area contributed by atoms with Crippen molar-refractivity contribution in [3.8, 4) is 0 Å². The predicted molar refractivity (Wildman–Crippen MR) is 100 cm³/mol. The highest BCUT2D eigenvalue weighted by atomic mass is 35.5. The van der Waals surface area contributed by atoms with Crippen molar-refractivity contribution in [2.24, 2.45) is 23.2 Å². The van der Waals surface area contributed by atoms with E-state index in [0.29, 0.717) is 30.8 Å². The number of ether oxygens (including phenoxy) is 1. The molecule has 4 bridgehead atoms. The normalized spacial score (nSPS) is 36.2. The first-order valence-corrected chi connectivity index (χ1v) is 10.9. The van der Waals surface area contributed by atoms with Crippen LogP contribution in [0, 0.1) is 23.2 Å². The molecule has 1 heterocycles. The molecular formula is C20H31ClN2O3. The maximum atomic E-state index is 12.7. The van der Waals surface area contributed by atoms with Gasteiger partial charge in [0.2, 0.25) is 5.91 Å². The van der Waals surface area contributed by atoms with Crippen molar-refractivity contribution in [2.45, 2.75) is 63.8 Å². The molecule has 0 unspecified atom stereocenters. The van der Waals surface area contributed by atoms with Gasteiger partial charge in [0.15, 0.2) is 0 Å². The first-order valence-electron chi connectivity index (χ1n) is 10.3. The molecule has 0 radical (unpaired) electrons. The van der Waals surface area contributed by atoms with E-state index < -0.39 is 0 Å². The van der Waals surface area contributed by atoms with E-state index in [1.807, 2.05) is 0 Å². The van der Waals surface area contributed by atoms with E-state index in [1.165, 1.54) is 38.5 Å². The van der Waals surface area contributed by atoms with E-state index in [4.69, 9.17) is 16.3 Å². The largest absolute Gasteiger partial charge is 0.448 e. The molecule has 0 aromatic rings. The lowest BCUT2D eigenvalue weighted by Gasteiger charge is -2.56. The number of hydrogen-bond donors (Lipinski definition) is 1. The molecule has 6 heteroatoms. The fourth-order valence-corrected chi connectivity index (χ4v) is 6.63. The number of piperidine rings is 1. The maximum absolute atomic E-state index is 12.7. The number of alkyl halides is 1. The summed E-state index contributed by atoms with van der Waals surface area (Å²) in [4.78, 5) is 26.3. The lowest BCUT2D eigenvalue weighted by atomic mass is 9.49. The summed E-state index contributed by atoms with van der Waals surface area (Å²) < 4.78 is 5.07. The van der Waals surface area contributed by atoms with Crippen LogP contribution in [-0.4, -0.2) is 48.5 Å². The molecule has 1 N–H and O–H groups in total. The zero-order valence-corrected chi connectivity index (χ0v) is 16.3. The number of nitrogens with one attached hydrogen (secondary N) is 1. The lowest BCUT2D eigenvalue weighted by Crippen LogP contribution is -2.50. The fourth-order valence-electron chi connectivity index (χ4n) is 6.55. The van der Waals surface area contributed by atoms with Crippen molar-refractivity contribution in [1.29, 1.82) is 0 Å². The molecule has 5 nitrogen and oxygen atoms in total. The number of hydrogen-bond acceptors (Lipinski definition) is 3. The van der Waals surface area contributed by atoms with Crippen molar-refractivity contribution < 1.29 is 14.3 Å². The summed E-state index contributed by atoms with van der Waals surface area (Å²) in [6, 6.07) is 0.188. The van der Waals surface area contributed by atoms with Gasteiger partial charge in [0.05, 0.1) is 5.88 Å². The van der Waals surface area contributed by atoms with Crippen LogP contribution in [0.25, 0.3) is 0 Å². The minimum absolute atomic E-state index is 0.188. The van der Waals surface area contributed by atoms with Gasteiger partial charge in [-0.15, -0.1) is 11.6 Å². The second-order valence-electron chi connectivity index (χ2n) is 9.23. The van der Waals surface area contributed by atoms with Gasteiger partial charge in [-0.25, -0.2) is 4.79 Å². The number of halogens is 1. The van der Waals surface area contributed by atoms with Crippen molar-refractivity contribution in [3.63, 3.8) is 0 Å².